The van der Waals surface area contributed by atoms with Crippen LogP contribution in [0.1, 0.15) is 113 Å². The Labute approximate surface area is 203 Å². The standard InChI is InChI=1S/C30H52O3/c1-25(2)12-14-30(18-31)15-13-29(7)24(19(30)17-25)20(32)16-22-27(5)10-9-23(33)26(3,4)21(27)8-11-28(22,29)6/h19-24,31-33H,8-18H2,1-7H3/t19?,20-,21+,22-,23+,24+,27+,28-,29-,30?/m1/s1. The smallest absolute Gasteiger partial charge is 0.0594 e. The van der Waals surface area contributed by atoms with Crippen LogP contribution in [0.15, 0.2) is 0 Å². The van der Waals surface area contributed by atoms with Gasteiger partial charge in [-0.2, -0.15) is 0 Å². The van der Waals surface area contributed by atoms with Gasteiger partial charge in [-0.05, 0) is 120 Å². The first-order valence-electron chi connectivity index (χ1n) is 14.1. The summed E-state index contributed by atoms with van der Waals surface area (Å²) in [5.41, 5.74) is 0.767. The maximum absolute atomic E-state index is 12.0. The first-order valence-corrected chi connectivity index (χ1v) is 14.1. The molecule has 0 saturated heterocycles. The number of aliphatic hydroxyl groups is 3. The Morgan fingerprint density at radius 2 is 1.39 bits per heavy atom. The summed E-state index contributed by atoms with van der Waals surface area (Å²) in [7, 11) is 0. The van der Waals surface area contributed by atoms with Crippen molar-refractivity contribution in [1.29, 1.82) is 0 Å². The van der Waals surface area contributed by atoms with Crippen molar-refractivity contribution < 1.29 is 15.3 Å². The maximum Gasteiger partial charge on any atom is 0.0594 e. The first-order chi connectivity index (χ1) is 15.2. The topological polar surface area (TPSA) is 60.7 Å². The molecule has 190 valence electrons. The average molecular weight is 461 g/mol. The lowest BCUT2D eigenvalue weighted by molar-refractivity contribution is -0.281. The van der Waals surface area contributed by atoms with E-state index in [1.807, 2.05) is 0 Å². The van der Waals surface area contributed by atoms with Gasteiger partial charge in [0.25, 0.3) is 0 Å². The molecule has 10 atom stereocenters. The zero-order chi connectivity index (χ0) is 24.2. The van der Waals surface area contributed by atoms with Crippen LogP contribution in [0, 0.1) is 56.2 Å². The van der Waals surface area contributed by atoms with Crippen LogP contribution < -0.4 is 0 Å². The van der Waals surface area contributed by atoms with Gasteiger partial charge >= 0.3 is 0 Å². The van der Waals surface area contributed by atoms with Crippen LogP contribution in [0.4, 0.5) is 0 Å². The zero-order valence-corrected chi connectivity index (χ0v) is 22.6. The molecule has 3 heteroatoms. The number of rotatable bonds is 1. The van der Waals surface area contributed by atoms with Gasteiger partial charge in [0.05, 0.1) is 12.2 Å². The Hall–Kier alpha value is -0.120. The van der Waals surface area contributed by atoms with Crippen molar-refractivity contribution in [1.82, 2.24) is 0 Å². The highest BCUT2D eigenvalue weighted by molar-refractivity contribution is 5.20. The van der Waals surface area contributed by atoms with Crippen LogP contribution in [0.25, 0.3) is 0 Å². The largest absolute Gasteiger partial charge is 0.396 e. The lowest BCUT2D eigenvalue weighted by Gasteiger charge is -2.74. The molecule has 0 amide bonds. The molecule has 5 aliphatic carbocycles. The fraction of sp³-hybridized carbons (Fsp3) is 1.00. The van der Waals surface area contributed by atoms with Gasteiger partial charge < -0.3 is 15.3 Å². The van der Waals surface area contributed by atoms with Gasteiger partial charge in [-0.1, -0.05) is 48.5 Å². The van der Waals surface area contributed by atoms with E-state index in [4.69, 9.17) is 0 Å². The summed E-state index contributed by atoms with van der Waals surface area (Å²) in [5.74, 6) is 1.74. The molecule has 3 N–H and O–H groups in total. The van der Waals surface area contributed by atoms with Gasteiger partial charge in [-0.15, -0.1) is 0 Å². The molecule has 5 saturated carbocycles. The van der Waals surface area contributed by atoms with E-state index in [-0.39, 0.29) is 39.3 Å². The molecule has 5 rings (SSSR count). The van der Waals surface area contributed by atoms with Crippen molar-refractivity contribution in [3.05, 3.63) is 0 Å². The second kappa shape index (κ2) is 7.22. The summed E-state index contributed by atoms with van der Waals surface area (Å²) in [6.45, 7) is 17.4. The lowest BCUT2D eigenvalue weighted by Crippen LogP contribution is -2.70. The van der Waals surface area contributed by atoms with E-state index < -0.39 is 0 Å². The summed E-state index contributed by atoms with van der Waals surface area (Å²) in [5, 5.41) is 33.6. The van der Waals surface area contributed by atoms with Crippen molar-refractivity contribution >= 4 is 0 Å². The van der Waals surface area contributed by atoms with E-state index in [9.17, 15) is 15.3 Å². The number of hydrogen-bond donors (Lipinski definition) is 3. The Morgan fingerprint density at radius 1 is 0.727 bits per heavy atom. The van der Waals surface area contributed by atoms with Crippen molar-refractivity contribution in [2.24, 2.45) is 56.2 Å². The molecule has 33 heavy (non-hydrogen) atoms. The van der Waals surface area contributed by atoms with Crippen molar-refractivity contribution in [2.45, 2.75) is 125 Å². The van der Waals surface area contributed by atoms with Crippen molar-refractivity contribution in [3.63, 3.8) is 0 Å². The minimum atomic E-state index is -0.274. The van der Waals surface area contributed by atoms with Crippen LogP contribution in [0.2, 0.25) is 0 Å². The Kier molecular flexibility index (Phi) is 5.38. The van der Waals surface area contributed by atoms with Crippen LogP contribution in [-0.2, 0) is 0 Å². The molecule has 0 aliphatic heterocycles. The molecule has 3 nitrogen and oxygen atoms in total. The van der Waals surface area contributed by atoms with Crippen LogP contribution in [0.5, 0.6) is 0 Å². The summed E-state index contributed by atoms with van der Waals surface area (Å²) < 4.78 is 0. The predicted octanol–water partition coefficient (Wildman–Crippen LogP) is 6.19. The van der Waals surface area contributed by atoms with Gasteiger partial charge in [-0.25, -0.2) is 0 Å². The second-order valence-electron chi connectivity index (χ2n) is 15.7. The molecule has 5 fully saturated rings. The lowest BCUT2D eigenvalue weighted by atomic mass is 9.31. The van der Waals surface area contributed by atoms with E-state index in [2.05, 4.69) is 48.5 Å². The van der Waals surface area contributed by atoms with Crippen LogP contribution in [0.3, 0.4) is 0 Å². The average Bonchev–Trinajstić information content (AvgIpc) is 2.72. The Balaban J connectivity index is 1.57. The van der Waals surface area contributed by atoms with Gasteiger partial charge in [-0.3, -0.25) is 0 Å². The van der Waals surface area contributed by atoms with E-state index in [0.29, 0.717) is 35.7 Å². The minimum Gasteiger partial charge on any atom is -0.396 e. The van der Waals surface area contributed by atoms with Gasteiger partial charge in [0.1, 0.15) is 0 Å². The highest BCUT2D eigenvalue weighted by atomic mass is 16.3. The number of aliphatic hydroxyl groups excluding tert-OH is 3. The Bertz CT molecular complexity index is 789. The van der Waals surface area contributed by atoms with Crippen LogP contribution >= 0.6 is 0 Å². The fourth-order valence-electron chi connectivity index (χ4n) is 11.4. The molecule has 0 radical (unpaired) electrons. The summed E-state index contributed by atoms with van der Waals surface area (Å²) in [6, 6.07) is 0. The third-order valence-electron chi connectivity index (χ3n) is 13.7. The number of hydrogen-bond acceptors (Lipinski definition) is 3. The van der Waals surface area contributed by atoms with Crippen molar-refractivity contribution in [2.75, 3.05) is 6.61 Å². The first kappa shape index (κ1) is 24.6. The summed E-state index contributed by atoms with van der Waals surface area (Å²) in [6.07, 6.45) is 10.6. The van der Waals surface area contributed by atoms with Gasteiger partial charge in [0, 0.05) is 6.61 Å². The second-order valence-corrected chi connectivity index (χ2v) is 15.7. The molecule has 0 aromatic carbocycles. The maximum atomic E-state index is 12.0. The van der Waals surface area contributed by atoms with Crippen molar-refractivity contribution in [3.8, 4) is 0 Å². The number of fused-ring (bicyclic) bond motifs is 7. The Morgan fingerprint density at radius 3 is 2.06 bits per heavy atom. The van der Waals surface area contributed by atoms with E-state index >= 15 is 0 Å². The van der Waals surface area contributed by atoms with Gasteiger partial charge in [0.15, 0.2) is 0 Å². The van der Waals surface area contributed by atoms with Gasteiger partial charge in [0.2, 0.25) is 0 Å². The molecule has 0 aromatic rings. The predicted molar refractivity (Wildman–Crippen MR) is 134 cm³/mol. The van der Waals surface area contributed by atoms with Crippen LogP contribution in [-0.4, -0.2) is 34.1 Å². The molecule has 0 heterocycles. The molecule has 5 aliphatic rings. The fourth-order valence-corrected chi connectivity index (χ4v) is 11.4. The van der Waals surface area contributed by atoms with E-state index in [1.165, 1.54) is 19.3 Å². The molecule has 0 spiro atoms. The molecule has 2 unspecified atom stereocenters. The monoisotopic (exact) mass is 460 g/mol. The zero-order valence-electron chi connectivity index (χ0n) is 22.6. The third kappa shape index (κ3) is 3.03. The third-order valence-corrected chi connectivity index (χ3v) is 13.7. The highest BCUT2D eigenvalue weighted by Gasteiger charge is 2.71. The molecular weight excluding hydrogens is 408 g/mol. The normalized spacial score (nSPS) is 57.3. The highest BCUT2D eigenvalue weighted by Crippen LogP contribution is 2.76. The van der Waals surface area contributed by atoms with E-state index in [0.717, 1.165) is 44.9 Å². The molecule has 0 aromatic heterocycles. The van der Waals surface area contributed by atoms with E-state index in [1.54, 1.807) is 0 Å². The summed E-state index contributed by atoms with van der Waals surface area (Å²) in [4.78, 5) is 0. The minimum absolute atomic E-state index is 0.0158. The molecule has 0 bridgehead atoms. The quantitative estimate of drug-likeness (QED) is 0.437. The summed E-state index contributed by atoms with van der Waals surface area (Å²) >= 11 is 0. The molecular formula is C30H52O3. The SMILES string of the molecule is CC1(C)CCC2(CO)CC[C@]3(C)[C@@H](C2C1)[C@H](O)C[C@@H]1[C@@]2(C)CC[C@H](O)C(C)(C)[C@@H]2CC[C@]13C.